The van der Waals surface area contributed by atoms with Crippen molar-refractivity contribution in [3.8, 4) is 0 Å². The lowest BCUT2D eigenvalue weighted by molar-refractivity contribution is -0.349. The van der Waals surface area contributed by atoms with Crippen LogP contribution in [0.5, 0.6) is 0 Å². The van der Waals surface area contributed by atoms with Crippen molar-refractivity contribution in [3.63, 3.8) is 0 Å². The molecule has 2 aliphatic rings. The fourth-order valence-electron chi connectivity index (χ4n) is 5.59. The number of nitrogens with zero attached hydrogens (tertiary/aromatic N) is 3. The number of ether oxygens (including phenoxy) is 11. The summed E-state index contributed by atoms with van der Waals surface area (Å²) in [5, 5.41) is 3.70. The van der Waals surface area contributed by atoms with Crippen LogP contribution in [0.25, 0.3) is 10.4 Å². The van der Waals surface area contributed by atoms with Crippen LogP contribution < -0.4 is 5.73 Å². The summed E-state index contributed by atoms with van der Waals surface area (Å²) in [6, 6.07) is 5.75. The number of hydrogen-bond acceptors (Lipinski definition) is 20. The average Bonchev–Trinajstić information content (AvgIpc) is 3.11. The van der Waals surface area contributed by atoms with E-state index in [4.69, 9.17) is 57.8 Å². The minimum absolute atomic E-state index is 0.0914. The first-order valence-electron chi connectivity index (χ1n) is 17.0. The Morgan fingerprint density at radius 3 is 1.71 bits per heavy atom. The van der Waals surface area contributed by atoms with Crippen LogP contribution in [0.4, 0.5) is 0 Å². The lowest BCUT2D eigenvalue weighted by Crippen LogP contribution is -2.66. The van der Waals surface area contributed by atoms with Gasteiger partial charge >= 0.3 is 41.8 Å². The molecule has 0 unspecified atom stereocenters. The maximum absolute atomic E-state index is 12.7. The van der Waals surface area contributed by atoms with E-state index in [-0.39, 0.29) is 6.61 Å². The van der Waals surface area contributed by atoms with Crippen molar-refractivity contribution in [1.29, 1.82) is 0 Å². The second-order valence-corrected chi connectivity index (χ2v) is 12.3. The van der Waals surface area contributed by atoms with Crippen molar-refractivity contribution in [2.24, 2.45) is 10.8 Å². The van der Waals surface area contributed by atoms with Crippen LogP contribution in [-0.2, 0) is 92.3 Å². The molecule has 0 aliphatic carbocycles. The van der Waals surface area contributed by atoms with Gasteiger partial charge in [-0.05, 0) is 11.1 Å². The maximum atomic E-state index is 12.7. The molecule has 0 bridgehead atoms. The van der Waals surface area contributed by atoms with Gasteiger partial charge in [-0.3, -0.25) is 33.6 Å². The van der Waals surface area contributed by atoms with E-state index in [0.29, 0.717) is 5.56 Å². The molecule has 2 aliphatic heterocycles. The lowest BCUT2D eigenvalue weighted by Gasteiger charge is -2.48. The third-order valence-electron chi connectivity index (χ3n) is 7.76. The van der Waals surface area contributed by atoms with Gasteiger partial charge in [0.1, 0.15) is 56.3 Å². The molecule has 0 saturated carbocycles. The van der Waals surface area contributed by atoms with E-state index in [1.54, 1.807) is 30.3 Å². The monoisotopic (exact) mass is 796 g/mol. The van der Waals surface area contributed by atoms with Crippen molar-refractivity contribution < 1.29 is 85.7 Å². The smallest absolute Gasteiger partial charge is 0.325 e. The highest BCUT2D eigenvalue weighted by molar-refractivity contribution is 5.75. The molecule has 22 nitrogen and oxygen atoms in total. The number of hydrogen-bond donors (Lipinski definition) is 1. The van der Waals surface area contributed by atoms with Crippen molar-refractivity contribution in [2.75, 3.05) is 19.8 Å². The van der Waals surface area contributed by atoms with Gasteiger partial charge in [-0.2, -0.15) is 0 Å². The van der Waals surface area contributed by atoms with E-state index in [9.17, 15) is 39.1 Å². The molecule has 0 radical (unpaired) electrons. The van der Waals surface area contributed by atoms with Crippen LogP contribution in [-0.4, -0.2) is 129 Å². The first-order valence-corrected chi connectivity index (χ1v) is 17.0. The Labute approximate surface area is 319 Å². The number of azide groups is 1. The number of nitrogens with two attached hydrogens (primary N) is 1. The molecular weight excluding hydrogens is 752 g/mol. The predicted octanol–water partition coefficient (Wildman–Crippen LogP) is 0.441. The second kappa shape index (κ2) is 21.6. The summed E-state index contributed by atoms with van der Waals surface area (Å²) in [7, 11) is 0. The number of carbonyl (C=O) groups excluding carboxylic acids is 7. The topological polar surface area (TPSA) is 296 Å². The Morgan fingerprint density at radius 2 is 1.18 bits per heavy atom. The van der Waals surface area contributed by atoms with Crippen LogP contribution >= 0.6 is 0 Å². The minimum atomic E-state index is -1.85. The quantitative estimate of drug-likeness (QED) is 0.0735. The van der Waals surface area contributed by atoms with Gasteiger partial charge in [0, 0.05) is 46.5 Å². The average molecular weight is 797 g/mol. The van der Waals surface area contributed by atoms with Crippen LogP contribution in [0.2, 0.25) is 0 Å². The molecule has 0 aromatic heterocycles. The van der Waals surface area contributed by atoms with Crippen LogP contribution in [0.1, 0.15) is 47.1 Å². The van der Waals surface area contributed by atoms with Crippen LogP contribution in [0.3, 0.4) is 0 Å². The van der Waals surface area contributed by atoms with E-state index in [0.717, 1.165) is 41.5 Å². The SMILES string of the molecule is CC(=O)OC[C@H]1O[C@@H](O[C@H]2[C@H](OC(C)=O)[C@@H](N=[N+]=[N-])[C@@H](OC[C@H](N)C(=O)OCc3ccccc3)O[C@@H]2COC(C)=O)[C@H](OC(C)=O)[C@@H](OC(C)=O)[C@H]1OC(C)=O. The first kappa shape index (κ1) is 45.0. The molecule has 22 heteroatoms. The van der Waals surface area contributed by atoms with E-state index in [1.165, 1.54) is 0 Å². The molecule has 0 spiro atoms. The highest BCUT2D eigenvalue weighted by Gasteiger charge is 2.57. The zero-order valence-corrected chi connectivity index (χ0v) is 31.3. The summed E-state index contributed by atoms with van der Waals surface area (Å²) >= 11 is 0. The van der Waals surface area contributed by atoms with Gasteiger partial charge < -0.3 is 57.8 Å². The van der Waals surface area contributed by atoms with Gasteiger partial charge in [0.15, 0.2) is 30.9 Å². The van der Waals surface area contributed by atoms with Crippen molar-refractivity contribution in [1.82, 2.24) is 0 Å². The fourth-order valence-corrected chi connectivity index (χ4v) is 5.59. The van der Waals surface area contributed by atoms with E-state index >= 15 is 0 Å². The molecule has 3 rings (SSSR count). The molecule has 1 aromatic carbocycles. The van der Waals surface area contributed by atoms with Gasteiger partial charge in [0.25, 0.3) is 0 Å². The number of carbonyl (C=O) groups is 7. The maximum Gasteiger partial charge on any atom is 0.325 e. The lowest BCUT2D eigenvalue weighted by atomic mass is 9.95. The summed E-state index contributed by atoms with van der Waals surface area (Å²) in [6.45, 7) is 4.34. The Bertz CT molecular complexity index is 1610. The number of benzene rings is 1. The molecular formula is C34H44N4O18. The van der Waals surface area contributed by atoms with Crippen molar-refractivity contribution in [3.05, 3.63) is 46.3 Å². The molecule has 11 atom stereocenters. The molecule has 2 heterocycles. The van der Waals surface area contributed by atoms with Crippen LogP contribution in [0, 0.1) is 0 Å². The molecule has 1 aromatic rings. The largest absolute Gasteiger partial charge is 0.463 e. The normalized spacial score (nSPS) is 27.6. The zero-order chi connectivity index (χ0) is 41.5. The van der Waals surface area contributed by atoms with E-state index < -0.39 is 129 Å². The summed E-state index contributed by atoms with van der Waals surface area (Å²) in [6.07, 6.45) is -14.7. The Morgan fingerprint density at radius 1 is 0.679 bits per heavy atom. The van der Waals surface area contributed by atoms with Gasteiger partial charge in [-0.15, -0.1) is 0 Å². The molecule has 56 heavy (non-hydrogen) atoms. The number of esters is 7. The third kappa shape index (κ3) is 13.7. The summed E-state index contributed by atoms with van der Waals surface area (Å²) in [4.78, 5) is 88.7. The number of rotatable bonds is 17. The Hall–Kier alpha value is -5.38. The Kier molecular flexibility index (Phi) is 17.4. The first-order chi connectivity index (χ1) is 26.5. The minimum Gasteiger partial charge on any atom is -0.463 e. The van der Waals surface area contributed by atoms with E-state index in [1.807, 2.05) is 0 Å². The second-order valence-electron chi connectivity index (χ2n) is 12.3. The molecule has 2 saturated heterocycles. The molecule has 2 fully saturated rings. The Balaban J connectivity index is 2.03. The molecule has 308 valence electrons. The molecule has 0 amide bonds. The highest BCUT2D eigenvalue weighted by atomic mass is 16.8. The third-order valence-corrected chi connectivity index (χ3v) is 7.76. The predicted molar refractivity (Wildman–Crippen MR) is 181 cm³/mol. The summed E-state index contributed by atoms with van der Waals surface area (Å²) in [5.41, 5.74) is 16.3. The van der Waals surface area contributed by atoms with Gasteiger partial charge in [0.2, 0.25) is 0 Å². The fraction of sp³-hybridized carbons (Fsp3) is 0.618. The standard InChI is InChI=1S/C34H44N4O18/c1-16(39)46-14-24-27(56-34-31(53-21(6)44)30(52-20(5)43)28(50-18(3)41)25(55-34)15-47-17(2)40)29(51-19(4)42)26(37-38-36)33(54-24)49-13-23(35)32(45)48-12-22-10-8-7-9-11-22/h7-11,23-31,33-34H,12-15,35H2,1-6H3/t23-,24+,25+,26+,27+,28-,29+,30-,31+,33-,34-/m0/s1. The van der Waals surface area contributed by atoms with Crippen molar-refractivity contribution in [2.45, 2.75) is 116 Å². The zero-order valence-electron chi connectivity index (χ0n) is 31.3. The van der Waals surface area contributed by atoms with Gasteiger partial charge in [-0.1, -0.05) is 35.4 Å². The molecule has 2 N–H and O–H groups in total. The van der Waals surface area contributed by atoms with Gasteiger partial charge in [0.05, 0.1) is 6.61 Å². The van der Waals surface area contributed by atoms with Crippen LogP contribution in [0.15, 0.2) is 35.4 Å². The summed E-state index contributed by atoms with van der Waals surface area (Å²) in [5.74, 6) is -6.11. The van der Waals surface area contributed by atoms with Crippen molar-refractivity contribution >= 4 is 41.8 Å². The van der Waals surface area contributed by atoms with Gasteiger partial charge in [-0.25, -0.2) is 0 Å². The van der Waals surface area contributed by atoms with E-state index in [2.05, 4.69) is 10.0 Å². The summed E-state index contributed by atoms with van der Waals surface area (Å²) < 4.78 is 61.5. The highest BCUT2D eigenvalue weighted by Crippen LogP contribution is 2.35.